The smallest absolute Gasteiger partial charge is 0.310 e. The maximum atomic E-state index is 11.2. The number of hydrogen-bond acceptors (Lipinski definition) is 3. The number of halogens is 1. The maximum absolute atomic E-state index is 11.2. The molecule has 0 radical (unpaired) electrons. The van der Waals surface area contributed by atoms with Crippen molar-refractivity contribution < 1.29 is 9.53 Å². The monoisotopic (exact) mass is 235 g/mol. The molecule has 2 rings (SSSR count). The molecule has 0 atom stereocenters. The van der Waals surface area contributed by atoms with E-state index < -0.39 is 0 Å². The molecule has 0 spiro atoms. The van der Waals surface area contributed by atoms with Crippen molar-refractivity contribution in [2.24, 2.45) is 0 Å². The minimum absolute atomic E-state index is 0.283. The fraction of sp³-hybridized carbons (Fsp3) is 0.167. The molecular formula is C12H10ClNO2. The molecule has 82 valence electrons. The molecule has 16 heavy (non-hydrogen) atoms. The Morgan fingerprint density at radius 2 is 2.25 bits per heavy atom. The fourth-order valence-corrected chi connectivity index (χ4v) is 1.60. The number of hydrogen-bond donors (Lipinski definition) is 0. The molecule has 1 aromatic carbocycles. The van der Waals surface area contributed by atoms with E-state index in [0.29, 0.717) is 22.7 Å². The molecule has 3 nitrogen and oxygen atoms in total. The van der Waals surface area contributed by atoms with Crippen molar-refractivity contribution in [2.75, 3.05) is 0 Å². The van der Waals surface area contributed by atoms with E-state index in [1.54, 1.807) is 31.3 Å². The first kappa shape index (κ1) is 10.9. The zero-order chi connectivity index (χ0) is 11.5. The van der Waals surface area contributed by atoms with Crippen molar-refractivity contribution in [1.82, 2.24) is 4.98 Å². The second-order valence-electron chi connectivity index (χ2n) is 3.27. The number of pyridine rings is 1. The van der Waals surface area contributed by atoms with Crippen molar-refractivity contribution in [3.63, 3.8) is 0 Å². The van der Waals surface area contributed by atoms with Crippen LogP contribution >= 0.6 is 11.6 Å². The van der Waals surface area contributed by atoms with Gasteiger partial charge in [0.25, 0.3) is 0 Å². The zero-order valence-electron chi connectivity index (χ0n) is 8.74. The van der Waals surface area contributed by atoms with E-state index in [0.717, 1.165) is 5.39 Å². The standard InChI is InChI=1S/C12H10ClNO2/c1-2-11(15)16-10-6-5-9(13)8-4-3-7-14-12(8)10/h3-7H,2H2,1H3. The van der Waals surface area contributed by atoms with Gasteiger partial charge >= 0.3 is 5.97 Å². The van der Waals surface area contributed by atoms with E-state index in [-0.39, 0.29) is 5.97 Å². The lowest BCUT2D eigenvalue weighted by atomic mass is 10.2. The van der Waals surface area contributed by atoms with Crippen LogP contribution < -0.4 is 4.74 Å². The van der Waals surface area contributed by atoms with Gasteiger partial charge in [0.05, 0.1) is 5.02 Å². The Balaban J connectivity index is 2.54. The topological polar surface area (TPSA) is 39.2 Å². The van der Waals surface area contributed by atoms with Gasteiger partial charge in [0.2, 0.25) is 0 Å². The summed E-state index contributed by atoms with van der Waals surface area (Å²) in [5.74, 6) is 0.168. The van der Waals surface area contributed by atoms with Crippen LogP contribution in [0, 0.1) is 0 Å². The Bertz CT molecular complexity index is 540. The third-order valence-electron chi connectivity index (χ3n) is 2.19. The average Bonchev–Trinajstić information content (AvgIpc) is 2.33. The molecule has 0 saturated heterocycles. The van der Waals surface area contributed by atoms with Crippen LogP contribution in [0.5, 0.6) is 5.75 Å². The highest BCUT2D eigenvalue weighted by atomic mass is 35.5. The lowest BCUT2D eigenvalue weighted by Crippen LogP contribution is -2.06. The molecule has 1 heterocycles. The van der Waals surface area contributed by atoms with Crippen LogP contribution in [0.4, 0.5) is 0 Å². The molecule has 0 unspecified atom stereocenters. The number of ether oxygens (including phenoxy) is 1. The second kappa shape index (κ2) is 4.49. The first-order valence-corrected chi connectivity index (χ1v) is 5.34. The van der Waals surface area contributed by atoms with E-state index in [4.69, 9.17) is 16.3 Å². The van der Waals surface area contributed by atoms with Gasteiger partial charge in [-0.25, -0.2) is 0 Å². The molecule has 0 aliphatic rings. The van der Waals surface area contributed by atoms with Crippen molar-refractivity contribution in [3.05, 3.63) is 35.5 Å². The molecule has 0 bridgehead atoms. The number of carbonyl (C=O) groups is 1. The molecule has 4 heteroatoms. The third-order valence-corrected chi connectivity index (χ3v) is 2.52. The molecule has 0 saturated carbocycles. The first-order chi connectivity index (χ1) is 7.72. The van der Waals surface area contributed by atoms with Crippen LogP contribution in [-0.4, -0.2) is 11.0 Å². The molecule has 0 amide bonds. The maximum Gasteiger partial charge on any atom is 0.310 e. The number of benzene rings is 1. The number of nitrogens with zero attached hydrogens (tertiary/aromatic N) is 1. The highest BCUT2D eigenvalue weighted by Gasteiger charge is 2.09. The van der Waals surface area contributed by atoms with Crippen molar-refractivity contribution in [1.29, 1.82) is 0 Å². The minimum atomic E-state index is -0.283. The predicted octanol–water partition coefficient (Wildman–Crippen LogP) is 3.20. The highest BCUT2D eigenvalue weighted by molar-refractivity contribution is 6.35. The number of fused-ring (bicyclic) bond motifs is 1. The van der Waals surface area contributed by atoms with Gasteiger partial charge in [-0.05, 0) is 24.3 Å². The van der Waals surface area contributed by atoms with Crippen LogP contribution in [0.1, 0.15) is 13.3 Å². The van der Waals surface area contributed by atoms with Gasteiger partial charge < -0.3 is 4.74 Å². The van der Waals surface area contributed by atoms with Gasteiger partial charge in [-0.3, -0.25) is 9.78 Å². The van der Waals surface area contributed by atoms with Crippen LogP contribution in [0.25, 0.3) is 10.9 Å². The molecule has 2 aromatic rings. The summed E-state index contributed by atoms with van der Waals surface area (Å²) >= 11 is 6.02. The Morgan fingerprint density at radius 1 is 1.44 bits per heavy atom. The third kappa shape index (κ3) is 1.99. The second-order valence-corrected chi connectivity index (χ2v) is 3.68. The normalized spacial score (nSPS) is 10.4. The number of aromatic nitrogens is 1. The molecule has 0 aliphatic heterocycles. The van der Waals surface area contributed by atoms with Crippen LogP contribution in [0.3, 0.4) is 0 Å². The lowest BCUT2D eigenvalue weighted by Gasteiger charge is -2.06. The van der Waals surface area contributed by atoms with Gasteiger partial charge in [0, 0.05) is 18.0 Å². The summed E-state index contributed by atoms with van der Waals surface area (Å²) in [6, 6.07) is 6.99. The summed E-state index contributed by atoms with van der Waals surface area (Å²) in [5, 5.41) is 1.38. The van der Waals surface area contributed by atoms with Gasteiger partial charge in [-0.1, -0.05) is 18.5 Å². The summed E-state index contributed by atoms with van der Waals surface area (Å²) in [7, 11) is 0. The van der Waals surface area contributed by atoms with E-state index in [1.807, 2.05) is 6.07 Å². The summed E-state index contributed by atoms with van der Waals surface area (Å²) in [6.45, 7) is 1.74. The van der Waals surface area contributed by atoms with E-state index in [1.165, 1.54) is 0 Å². The van der Waals surface area contributed by atoms with Crippen LogP contribution in [0.15, 0.2) is 30.5 Å². The Hall–Kier alpha value is -1.61. The Labute approximate surface area is 98.0 Å². The molecule has 0 aliphatic carbocycles. The highest BCUT2D eigenvalue weighted by Crippen LogP contribution is 2.29. The predicted molar refractivity (Wildman–Crippen MR) is 62.7 cm³/mol. The fourth-order valence-electron chi connectivity index (χ4n) is 1.39. The number of rotatable bonds is 2. The lowest BCUT2D eigenvalue weighted by molar-refractivity contribution is -0.133. The average molecular weight is 236 g/mol. The van der Waals surface area contributed by atoms with E-state index in [2.05, 4.69) is 4.98 Å². The van der Waals surface area contributed by atoms with Gasteiger partial charge in [-0.15, -0.1) is 0 Å². The quantitative estimate of drug-likeness (QED) is 0.593. The Morgan fingerprint density at radius 3 is 3.00 bits per heavy atom. The van der Waals surface area contributed by atoms with Gasteiger partial charge in [-0.2, -0.15) is 0 Å². The van der Waals surface area contributed by atoms with Crippen molar-refractivity contribution in [2.45, 2.75) is 13.3 Å². The first-order valence-electron chi connectivity index (χ1n) is 4.96. The van der Waals surface area contributed by atoms with Crippen LogP contribution in [0.2, 0.25) is 5.02 Å². The summed E-state index contributed by atoms with van der Waals surface area (Å²) < 4.78 is 5.17. The minimum Gasteiger partial charge on any atom is -0.424 e. The van der Waals surface area contributed by atoms with E-state index >= 15 is 0 Å². The van der Waals surface area contributed by atoms with Crippen molar-refractivity contribution in [3.8, 4) is 5.75 Å². The number of esters is 1. The summed E-state index contributed by atoms with van der Waals surface area (Å²) in [5.41, 5.74) is 0.608. The number of carbonyl (C=O) groups excluding carboxylic acids is 1. The largest absolute Gasteiger partial charge is 0.424 e. The molecule has 0 fully saturated rings. The summed E-state index contributed by atoms with van der Waals surface area (Å²) in [6.07, 6.45) is 1.97. The zero-order valence-corrected chi connectivity index (χ0v) is 9.49. The van der Waals surface area contributed by atoms with Gasteiger partial charge in [0.15, 0.2) is 5.75 Å². The Kier molecular flexibility index (Phi) is 3.06. The molecular weight excluding hydrogens is 226 g/mol. The SMILES string of the molecule is CCC(=O)Oc1ccc(Cl)c2cccnc12. The van der Waals surface area contributed by atoms with Gasteiger partial charge in [0.1, 0.15) is 5.52 Å². The summed E-state index contributed by atoms with van der Waals surface area (Å²) in [4.78, 5) is 15.4. The molecule has 0 N–H and O–H groups in total. The van der Waals surface area contributed by atoms with Crippen molar-refractivity contribution >= 4 is 28.5 Å². The van der Waals surface area contributed by atoms with E-state index in [9.17, 15) is 4.79 Å². The molecule has 1 aromatic heterocycles. The van der Waals surface area contributed by atoms with Crippen LogP contribution in [-0.2, 0) is 4.79 Å².